The van der Waals surface area contributed by atoms with Crippen LogP contribution in [0.15, 0.2) is 46.9 Å². The van der Waals surface area contributed by atoms with Gasteiger partial charge in [0, 0.05) is 12.3 Å². The lowest BCUT2D eigenvalue weighted by Gasteiger charge is -2.03. The number of carbonyl (C=O) groups excluding carboxylic acids is 1. The summed E-state index contributed by atoms with van der Waals surface area (Å²) in [6, 6.07) is 13.0. The summed E-state index contributed by atoms with van der Waals surface area (Å²) in [6.45, 7) is 1.48. The number of ketones is 1. The summed E-state index contributed by atoms with van der Waals surface area (Å²) in [6.07, 6.45) is 0. The number of furan rings is 1. The molecule has 0 aliphatic rings. The Morgan fingerprint density at radius 2 is 1.65 bits per heavy atom. The standard InChI is InChI=1S/C16H10Cl2O2/c1-9(19)16-8-12-6-10(3-5-15(12)20-16)11-2-4-13(17)14(18)7-11/h2-8H,1H3. The van der Waals surface area contributed by atoms with Crippen LogP contribution in [0.1, 0.15) is 17.5 Å². The highest BCUT2D eigenvalue weighted by molar-refractivity contribution is 6.42. The molecule has 1 heterocycles. The summed E-state index contributed by atoms with van der Waals surface area (Å²) < 4.78 is 5.47. The SMILES string of the molecule is CC(=O)c1cc2cc(-c3ccc(Cl)c(Cl)c3)ccc2o1. The molecular weight excluding hydrogens is 295 g/mol. The Morgan fingerprint density at radius 1 is 0.950 bits per heavy atom. The van der Waals surface area contributed by atoms with Crippen LogP contribution < -0.4 is 0 Å². The Bertz CT molecular complexity index is 818. The normalized spacial score (nSPS) is 10.9. The molecule has 0 fully saturated rings. The molecule has 20 heavy (non-hydrogen) atoms. The number of rotatable bonds is 2. The first-order chi connectivity index (χ1) is 9.54. The van der Waals surface area contributed by atoms with E-state index in [-0.39, 0.29) is 5.78 Å². The van der Waals surface area contributed by atoms with Crippen LogP contribution in [0.2, 0.25) is 10.0 Å². The Balaban J connectivity index is 2.12. The fourth-order valence-electron chi connectivity index (χ4n) is 2.07. The summed E-state index contributed by atoms with van der Waals surface area (Å²) in [5, 5.41) is 1.93. The van der Waals surface area contributed by atoms with Crippen molar-refractivity contribution in [2.24, 2.45) is 0 Å². The van der Waals surface area contributed by atoms with Crippen molar-refractivity contribution in [2.45, 2.75) is 6.92 Å². The first-order valence-electron chi connectivity index (χ1n) is 6.04. The van der Waals surface area contributed by atoms with Crippen LogP contribution in [0.5, 0.6) is 0 Å². The molecule has 1 aromatic heterocycles. The molecule has 0 saturated carbocycles. The molecule has 3 aromatic rings. The molecular formula is C16H10Cl2O2. The number of carbonyl (C=O) groups is 1. The van der Waals surface area contributed by atoms with E-state index in [9.17, 15) is 4.79 Å². The molecule has 0 saturated heterocycles. The minimum Gasteiger partial charge on any atom is -0.453 e. The summed E-state index contributed by atoms with van der Waals surface area (Å²) >= 11 is 11.9. The number of benzene rings is 2. The molecule has 0 radical (unpaired) electrons. The zero-order valence-corrected chi connectivity index (χ0v) is 12.1. The maximum Gasteiger partial charge on any atom is 0.194 e. The van der Waals surface area contributed by atoms with Crippen molar-refractivity contribution in [1.29, 1.82) is 0 Å². The lowest BCUT2D eigenvalue weighted by molar-refractivity contribution is 0.0989. The number of hydrogen-bond donors (Lipinski definition) is 0. The summed E-state index contributed by atoms with van der Waals surface area (Å²) in [5.41, 5.74) is 2.65. The largest absolute Gasteiger partial charge is 0.453 e. The highest BCUT2D eigenvalue weighted by Crippen LogP contribution is 2.31. The van der Waals surface area contributed by atoms with Gasteiger partial charge in [-0.1, -0.05) is 35.3 Å². The smallest absolute Gasteiger partial charge is 0.194 e. The van der Waals surface area contributed by atoms with Crippen LogP contribution >= 0.6 is 23.2 Å². The van der Waals surface area contributed by atoms with Gasteiger partial charge in [0.15, 0.2) is 11.5 Å². The zero-order chi connectivity index (χ0) is 14.3. The first-order valence-corrected chi connectivity index (χ1v) is 6.80. The van der Waals surface area contributed by atoms with Gasteiger partial charge < -0.3 is 4.42 Å². The molecule has 0 atom stereocenters. The second-order valence-electron chi connectivity index (χ2n) is 4.55. The van der Waals surface area contributed by atoms with Crippen molar-refractivity contribution in [3.05, 3.63) is 58.3 Å². The molecule has 2 aromatic carbocycles. The Hall–Kier alpha value is -1.77. The lowest BCUT2D eigenvalue weighted by Crippen LogP contribution is -1.85. The van der Waals surface area contributed by atoms with Crippen LogP contribution in [-0.2, 0) is 0 Å². The quantitative estimate of drug-likeness (QED) is 0.576. The number of fused-ring (bicyclic) bond motifs is 1. The predicted octanol–water partition coefficient (Wildman–Crippen LogP) is 5.61. The molecule has 0 aliphatic heterocycles. The van der Waals surface area contributed by atoms with Crippen molar-refractivity contribution >= 4 is 40.0 Å². The van der Waals surface area contributed by atoms with Crippen molar-refractivity contribution in [3.8, 4) is 11.1 Å². The average molecular weight is 305 g/mol. The Kier molecular flexibility index (Phi) is 3.28. The predicted molar refractivity (Wildman–Crippen MR) is 81.7 cm³/mol. The fraction of sp³-hybridized carbons (Fsp3) is 0.0625. The summed E-state index contributed by atoms with van der Waals surface area (Å²) in [7, 11) is 0. The van der Waals surface area contributed by atoms with Crippen LogP contribution in [-0.4, -0.2) is 5.78 Å². The molecule has 4 heteroatoms. The lowest BCUT2D eigenvalue weighted by atomic mass is 10.0. The topological polar surface area (TPSA) is 30.2 Å². The number of Topliss-reactive ketones (excluding diaryl/α,β-unsaturated/α-hetero) is 1. The molecule has 0 spiro atoms. The van der Waals surface area contributed by atoms with Crippen molar-refractivity contribution in [3.63, 3.8) is 0 Å². The maximum atomic E-state index is 11.3. The van der Waals surface area contributed by atoms with E-state index in [1.807, 2.05) is 30.3 Å². The molecule has 100 valence electrons. The average Bonchev–Trinajstić information content (AvgIpc) is 2.85. The molecule has 0 unspecified atom stereocenters. The minimum absolute atomic E-state index is 0.0858. The third-order valence-electron chi connectivity index (χ3n) is 3.12. The highest BCUT2D eigenvalue weighted by atomic mass is 35.5. The highest BCUT2D eigenvalue weighted by Gasteiger charge is 2.09. The van der Waals surface area contributed by atoms with Gasteiger partial charge in [-0.05, 0) is 41.5 Å². The fourth-order valence-corrected chi connectivity index (χ4v) is 2.37. The van der Waals surface area contributed by atoms with Crippen LogP contribution in [0.25, 0.3) is 22.1 Å². The third-order valence-corrected chi connectivity index (χ3v) is 3.86. The van der Waals surface area contributed by atoms with E-state index in [1.54, 1.807) is 12.1 Å². The van der Waals surface area contributed by atoms with E-state index in [0.717, 1.165) is 16.5 Å². The number of hydrogen-bond acceptors (Lipinski definition) is 2. The second kappa shape index (κ2) is 4.97. The molecule has 0 N–H and O–H groups in total. The van der Waals surface area contributed by atoms with E-state index < -0.39 is 0 Å². The zero-order valence-electron chi connectivity index (χ0n) is 10.6. The minimum atomic E-state index is -0.0858. The van der Waals surface area contributed by atoms with Crippen LogP contribution in [0, 0.1) is 0 Å². The van der Waals surface area contributed by atoms with Gasteiger partial charge in [-0.3, -0.25) is 4.79 Å². The maximum absolute atomic E-state index is 11.3. The van der Waals surface area contributed by atoms with Gasteiger partial charge in [0.25, 0.3) is 0 Å². The van der Waals surface area contributed by atoms with Crippen molar-refractivity contribution in [2.75, 3.05) is 0 Å². The van der Waals surface area contributed by atoms with E-state index in [0.29, 0.717) is 21.4 Å². The van der Waals surface area contributed by atoms with Gasteiger partial charge in [-0.25, -0.2) is 0 Å². The molecule has 0 aliphatic carbocycles. The van der Waals surface area contributed by atoms with Crippen molar-refractivity contribution < 1.29 is 9.21 Å². The van der Waals surface area contributed by atoms with Crippen LogP contribution in [0.4, 0.5) is 0 Å². The molecule has 2 nitrogen and oxygen atoms in total. The van der Waals surface area contributed by atoms with E-state index in [1.165, 1.54) is 6.92 Å². The van der Waals surface area contributed by atoms with Gasteiger partial charge in [-0.15, -0.1) is 0 Å². The van der Waals surface area contributed by atoms with E-state index in [2.05, 4.69) is 0 Å². The van der Waals surface area contributed by atoms with Gasteiger partial charge in [0.1, 0.15) is 5.58 Å². The molecule has 0 bridgehead atoms. The third kappa shape index (κ3) is 2.33. The Morgan fingerprint density at radius 3 is 2.35 bits per heavy atom. The second-order valence-corrected chi connectivity index (χ2v) is 5.36. The summed E-state index contributed by atoms with van der Waals surface area (Å²) in [5.74, 6) is 0.281. The van der Waals surface area contributed by atoms with Gasteiger partial charge in [-0.2, -0.15) is 0 Å². The van der Waals surface area contributed by atoms with Gasteiger partial charge in [0.05, 0.1) is 10.0 Å². The molecule has 0 amide bonds. The van der Waals surface area contributed by atoms with E-state index >= 15 is 0 Å². The van der Waals surface area contributed by atoms with Crippen molar-refractivity contribution in [1.82, 2.24) is 0 Å². The van der Waals surface area contributed by atoms with Gasteiger partial charge >= 0.3 is 0 Å². The van der Waals surface area contributed by atoms with Gasteiger partial charge in [0.2, 0.25) is 0 Å². The monoisotopic (exact) mass is 304 g/mol. The van der Waals surface area contributed by atoms with E-state index in [4.69, 9.17) is 27.6 Å². The Labute approximate surface area is 125 Å². The number of halogens is 2. The summed E-state index contributed by atoms with van der Waals surface area (Å²) in [4.78, 5) is 11.3. The molecule has 3 rings (SSSR count). The first kappa shape index (κ1) is 13.2. The van der Waals surface area contributed by atoms with Crippen LogP contribution in [0.3, 0.4) is 0 Å².